The minimum absolute atomic E-state index is 0.665. The van der Waals surface area contributed by atoms with Crippen LogP contribution >= 0.6 is 0 Å². The average Bonchev–Trinajstić information content (AvgIpc) is 3.19. The lowest BCUT2D eigenvalue weighted by Crippen LogP contribution is -1.97. The third-order valence-corrected chi connectivity index (χ3v) is 8.28. The predicted molar refractivity (Wildman–Crippen MR) is 193 cm³/mol. The van der Waals surface area contributed by atoms with Crippen molar-refractivity contribution in [3.05, 3.63) is 176 Å². The van der Waals surface area contributed by atoms with Crippen LogP contribution in [0.25, 0.3) is 78.8 Å². The van der Waals surface area contributed by atoms with E-state index in [9.17, 15) is 0 Å². The highest BCUT2D eigenvalue weighted by atomic mass is 14.9. The van der Waals surface area contributed by atoms with E-state index in [0.29, 0.717) is 11.6 Å². The first-order valence-corrected chi connectivity index (χ1v) is 15.8. The predicted octanol–water partition coefficient (Wildman–Crippen LogP) is 10.3. The van der Waals surface area contributed by atoms with Crippen LogP contribution in [0.4, 0.5) is 0 Å². The molecular weight excluding hydrogens is 587 g/mol. The van der Waals surface area contributed by atoms with E-state index in [2.05, 4.69) is 112 Å². The lowest BCUT2D eigenvalue weighted by atomic mass is 9.94. The second-order valence-electron chi connectivity index (χ2n) is 11.4. The van der Waals surface area contributed by atoms with Crippen molar-refractivity contribution in [2.45, 2.75) is 0 Å². The summed E-state index contributed by atoms with van der Waals surface area (Å²) in [7, 11) is 0. The molecule has 5 heteroatoms. The first-order chi connectivity index (χ1) is 23.8. The Morgan fingerprint density at radius 1 is 0.250 bits per heavy atom. The fourth-order valence-electron chi connectivity index (χ4n) is 5.81. The summed E-state index contributed by atoms with van der Waals surface area (Å²) in [4.78, 5) is 23.7. The highest BCUT2D eigenvalue weighted by Crippen LogP contribution is 2.35. The Morgan fingerprint density at radius 3 is 1.25 bits per heavy atom. The van der Waals surface area contributed by atoms with Crippen molar-refractivity contribution in [2.24, 2.45) is 0 Å². The van der Waals surface area contributed by atoms with Gasteiger partial charge in [-0.2, -0.15) is 0 Å². The molecule has 0 amide bonds. The molecule has 3 heterocycles. The molecule has 5 nitrogen and oxygen atoms in total. The Balaban J connectivity index is 1.28. The largest absolute Gasteiger partial charge is 0.256 e. The molecule has 8 aromatic rings. The molecule has 226 valence electrons. The highest BCUT2D eigenvalue weighted by molar-refractivity contribution is 5.82. The lowest BCUT2D eigenvalue weighted by molar-refractivity contribution is 1.18. The van der Waals surface area contributed by atoms with E-state index in [1.807, 2.05) is 66.9 Å². The van der Waals surface area contributed by atoms with Gasteiger partial charge in [0.25, 0.3) is 0 Å². The van der Waals surface area contributed by atoms with Crippen molar-refractivity contribution in [1.82, 2.24) is 24.9 Å². The zero-order chi connectivity index (χ0) is 32.1. The topological polar surface area (TPSA) is 64.5 Å². The van der Waals surface area contributed by atoms with Crippen molar-refractivity contribution in [3.8, 4) is 78.8 Å². The molecule has 0 aliphatic heterocycles. The summed E-state index contributed by atoms with van der Waals surface area (Å²) in [5, 5.41) is 0. The summed E-state index contributed by atoms with van der Waals surface area (Å²) >= 11 is 0. The molecule has 0 radical (unpaired) electrons. The molecule has 0 saturated carbocycles. The van der Waals surface area contributed by atoms with Crippen LogP contribution in [0.3, 0.4) is 0 Å². The van der Waals surface area contributed by atoms with Crippen LogP contribution in [0.2, 0.25) is 0 Å². The highest BCUT2D eigenvalue weighted by Gasteiger charge is 2.14. The Kier molecular flexibility index (Phi) is 7.83. The van der Waals surface area contributed by atoms with Crippen molar-refractivity contribution < 1.29 is 0 Å². The summed E-state index contributed by atoms with van der Waals surface area (Å²) in [6.45, 7) is 0. The van der Waals surface area contributed by atoms with E-state index in [1.165, 1.54) is 0 Å². The number of hydrogen-bond acceptors (Lipinski definition) is 5. The molecule has 0 N–H and O–H groups in total. The van der Waals surface area contributed by atoms with Crippen molar-refractivity contribution in [2.75, 3.05) is 0 Å². The SMILES string of the molecule is c1ccc(-c2cc(-c3ccccc3)nc(-c3cc(-c4ccc(-c5ccccn5)cc4)cc(-c4ccc(-c5ncccn5)cc4)c3)n2)cc1. The molecule has 0 unspecified atom stereocenters. The van der Waals surface area contributed by atoms with Crippen molar-refractivity contribution in [3.63, 3.8) is 0 Å². The third kappa shape index (κ3) is 6.13. The molecular formula is C43H29N5. The van der Waals surface area contributed by atoms with Gasteiger partial charge in [-0.25, -0.2) is 19.9 Å². The maximum absolute atomic E-state index is 5.14. The molecule has 0 spiro atoms. The third-order valence-electron chi connectivity index (χ3n) is 8.28. The van der Waals surface area contributed by atoms with Gasteiger partial charge in [0.15, 0.2) is 11.6 Å². The number of nitrogens with zero attached hydrogens (tertiary/aromatic N) is 5. The Hall–Kier alpha value is -6.59. The maximum Gasteiger partial charge on any atom is 0.160 e. The fourth-order valence-corrected chi connectivity index (χ4v) is 5.81. The summed E-state index contributed by atoms with van der Waals surface area (Å²) in [5.41, 5.74) is 12.0. The minimum atomic E-state index is 0.665. The van der Waals surface area contributed by atoms with Crippen molar-refractivity contribution in [1.29, 1.82) is 0 Å². The van der Waals surface area contributed by atoms with Crippen LogP contribution in [-0.4, -0.2) is 24.9 Å². The zero-order valence-electron chi connectivity index (χ0n) is 26.0. The summed E-state index contributed by atoms with van der Waals surface area (Å²) in [6, 6.07) is 53.9. The van der Waals surface area contributed by atoms with Gasteiger partial charge in [0.2, 0.25) is 0 Å². The molecule has 3 aromatic heterocycles. The van der Waals surface area contributed by atoms with Gasteiger partial charge in [0.1, 0.15) is 0 Å². The van der Waals surface area contributed by atoms with E-state index in [1.54, 1.807) is 12.4 Å². The van der Waals surface area contributed by atoms with E-state index >= 15 is 0 Å². The molecule has 0 aliphatic carbocycles. The van der Waals surface area contributed by atoms with E-state index in [4.69, 9.17) is 9.97 Å². The minimum Gasteiger partial charge on any atom is -0.256 e. The molecule has 0 saturated heterocycles. The number of benzene rings is 5. The number of hydrogen-bond donors (Lipinski definition) is 0. The summed E-state index contributed by atoms with van der Waals surface area (Å²) in [5.74, 6) is 1.36. The molecule has 0 fully saturated rings. The van der Waals surface area contributed by atoms with Gasteiger partial charge in [-0.1, -0.05) is 115 Å². The van der Waals surface area contributed by atoms with E-state index in [-0.39, 0.29) is 0 Å². The van der Waals surface area contributed by atoms with Crippen LogP contribution in [0.5, 0.6) is 0 Å². The van der Waals surface area contributed by atoms with Gasteiger partial charge in [-0.3, -0.25) is 4.98 Å². The van der Waals surface area contributed by atoms with Gasteiger partial charge in [-0.05, 0) is 64.7 Å². The smallest absolute Gasteiger partial charge is 0.160 e. The molecule has 8 rings (SSSR count). The van der Waals surface area contributed by atoms with Gasteiger partial charge in [0, 0.05) is 46.4 Å². The molecule has 0 atom stereocenters. The normalized spacial score (nSPS) is 10.9. The molecule has 5 aromatic carbocycles. The first kappa shape index (κ1) is 28.9. The molecule has 0 aliphatic rings. The van der Waals surface area contributed by atoms with Crippen LogP contribution in [0, 0.1) is 0 Å². The standard InChI is InChI=1S/C43H29N5/c1-3-10-32(11-4-1)40-29-41(33-12-5-2-6-13-33)48-43(47-40)38-27-36(30-15-19-34(20-16-30)39-14-7-8-23-44-39)26-37(28-38)31-17-21-35(22-18-31)42-45-24-9-25-46-42/h1-29H. The summed E-state index contributed by atoms with van der Waals surface area (Å²) in [6.07, 6.45) is 5.35. The lowest BCUT2D eigenvalue weighted by Gasteiger charge is -2.13. The van der Waals surface area contributed by atoms with Crippen LogP contribution < -0.4 is 0 Å². The molecule has 0 bridgehead atoms. The number of aromatic nitrogens is 5. The fraction of sp³-hybridized carbons (Fsp3) is 0. The second-order valence-corrected chi connectivity index (χ2v) is 11.4. The second kappa shape index (κ2) is 13.0. The van der Waals surface area contributed by atoms with Crippen molar-refractivity contribution >= 4 is 0 Å². The van der Waals surface area contributed by atoms with Gasteiger partial charge in [0.05, 0.1) is 17.1 Å². The van der Waals surface area contributed by atoms with Crippen LogP contribution in [0.1, 0.15) is 0 Å². The van der Waals surface area contributed by atoms with Gasteiger partial charge >= 0.3 is 0 Å². The number of pyridine rings is 1. The Bertz CT molecular complexity index is 2130. The van der Waals surface area contributed by atoms with Gasteiger partial charge in [-0.15, -0.1) is 0 Å². The average molecular weight is 616 g/mol. The first-order valence-electron chi connectivity index (χ1n) is 15.8. The number of rotatable bonds is 7. The van der Waals surface area contributed by atoms with Crippen LogP contribution in [-0.2, 0) is 0 Å². The van der Waals surface area contributed by atoms with E-state index < -0.39 is 0 Å². The monoisotopic (exact) mass is 615 g/mol. The Morgan fingerprint density at radius 2 is 0.708 bits per heavy atom. The van der Waals surface area contributed by atoms with Crippen LogP contribution in [0.15, 0.2) is 176 Å². The summed E-state index contributed by atoms with van der Waals surface area (Å²) < 4.78 is 0. The Labute approximate surface area is 279 Å². The zero-order valence-corrected chi connectivity index (χ0v) is 26.0. The van der Waals surface area contributed by atoms with E-state index in [0.717, 1.165) is 67.2 Å². The molecule has 48 heavy (non-hydrogen) atoms. The van der Waals surface area contributed by atoms with Gasteiger partial charge < -0.3 is 0 Å². The maximum atomic E-state index is 5.14. The quantitative estimate of drug-likeness (QED) is 0.178.